The van der Waals surface area contributed by atoms with Crippen LogP contribution in [-0.2, 0) is 11.2 Å². The van der Waals surface area contributed by atoms with Gasteiger partial charge in [0.05, 0.1) is 12.5 Å². The lowest BCUT2D eigenvalue weighted by Gasteiger charge is -2.14. The molecule has 0 heterocycles. The third kappa shape index (κ3) is 5.12. The molecule has 3 nitrogen and oxygen atoms in total. The lowest BCUT2D eigenvalue weighted by molar-refractivity contribution is -0.117. The van der Waals surface area contributed by atoms with E-state index in [-0.39, 0.29) is 11.8 Å². The number of anilines is 1. The highest BCUT2D eigenvalue weighted by atomic mass is 16.5. The Morgan fingerprint density at radius 1 is 1.08 bits per heavy atom. The topological polar surface area (TPSA) is 38.3 Å². The normalized spacial score (nSPS) is 12.0. The number of carbonyl (C=O) groups is 1. The van der Waals surface area contributed by atoms with Gasteiger partial charge in [0.25, 0.3) is 0 Å². The molecule has 0 saturated heterocycles. The van der Waals surface area contributed by atoms with Crippen LogP contribution in [0.4, 0.5) is 5.69 Å². The predicted molar refractivity (Wildman–Crippen MR) is 99.6 cm³/mol. The molecule has 0 aliphatic heterocycles. The fourth-order valence-electron chi connectivity index (χ4n) is 2.65. The second-order valence-corrected chi connectivity index (χ2v) is 6.51. The first kappa shape index (κ1) is 18.1. The Hall–Kier alpha value is -2.29. The Morgan fingerprint density at radius 3 is 2.42 bits per heavy atom. The summed E-state index contributed by atoms with van der Waals surface area (Å²) in [7, 11) is 0. The molecule has 0 aromatic heterocycles. The van der Waals surface area contributed by atoms with E-state index in [4.69, 9.17) is 4.74 Å². The van der Waals surface area contributed by atoms with E-state index in [0.717, 1.165) is 23.4 Å². The van der Waals surface area contributed by atoms with Gasteiger partial charge in [-0.15, -0.1) is 0 Å². The van der Waals surface area contributed by atoms with Crippen LogP contribution in [0.2, 0.25) is 0 Å². The monoisotopic (exact) mass is 325 g/mol. The quantitative estimate of drug-likeness (QED) is 0.775. The number of amides is 1. The van der Waals surface area contributed by atoms with Gasteiger partial charge in [-0.25, -0.2) is 0 Å². The summed E-state index contributed by atoms with van der Waals surface area (Å²) in [5, 5.41) is 2.97. The van der Waals surface area contributed by atoms with Crippen molar-refractivity contribution in [1.29, 1.82) is 0 Å². The molecule has 3 heteroatoms. The van der Waals surface area contributed by atoms with Crippen LogP contribution < -0.4 is 10.1 Å². The second-order valence-electron chi connectivity index (χ2n) is 6.51. The maximum atomic E-state index is 12.5. The number of ether oxygens (including phenoxy) is 1. The molecule has 24 heavy (non-hydrogen) atoms. The maximum absolute atomic E-state index is 12.5. The van der Waals surface area contributed by atoms with E-state index in [1.807, 2.05) is 38.1 Å². The van der Waals surface area contributed by atoms with Gasteiger partial charge in [-0.2, -0.15) is 0 Å². The molecule has 128 valence electrons. The van der Waals surface area contributed by atoms with Gasteiger partial charge >= 0.3 is 0 Å². The van der Waals surface area contributed by atoms with Crippen LogP contribution in [0, 0.1) is 5.92 Å². The van der Waals surface area contributed by atoms with E-state index in [0.29, 0.717) is 12.5 Å². The number of rotatable bonds is 7. The summed E-state index contributed by atoms with van der Waals surface area (Å²) in [5.74, 6) is 1.18. The van der Waals surface area contributed by atoms with E-state index in [1.165, 1.54) is 5.56 Å². The molecule has 0 aliphatic carbocycles. The van der Waals surface area contributed by atoms with Crippen LogP contribution >= 0.6 is 0 Å². The molecule has 0 fully saturated rings. The lowest BCUT2D eigenvalue weighted by atomic mass is 9.96. The van der Waals surface area contributed by atoms with Gasteiger partial charge in [-0.3, -0.25) is 4.79 Å². The van der Waals surface area contributed by atoms with Gasteiger partial charge in [0.15, 0.2) is 0 Å². The number of hydrogen-bond donors (Lipinski definition) is 1. The highest BCUT2D eigenvalue weighted by Gasteiger charge is 2.15. The van der Waals surface area contributed by atoms with E-state index in [1.54, 1.807) is 0 Å². The van der Waals surface area contributed by atoms with Crippen LogP contribution in [0.15, 0.2) is 48.5 Å². The minimum atomic E-state index is -0.200. The standard InChI is InChI=1S/C21H27NO2/c1-5-24-20-8-6-7-19(14-20)22-21(23)16(4)18-11-9-17(10-12-18)13-15(2)3/h6-12,14-16H,5,13H2,1-4H3,(H,22,23). The predicted octanol–water partition coefficient (Wildman–Crippen LogP) is 5.03. The van der Waals surface area contributed by atoms with Gasteiger partial charge < -0.3 is 10.1 Å². The summed E-state index contributed by atoms with van der Waals surface area (Å²) >= 11 is 0. The summed E-state index contributed by atoms with van der Waals surface area (Å²) in [6, 6.07) is 15.8. The van der Waals surface area contributed by atoms with Crippen LogP contribution in [0.25, 0.3) is 0 Å². The van der Waals surface area contributed by atoms with Gasteiger partial charge in [0, 0.05) is 11.8 Å². The summed E-state index contributed by atoms with van der Waals surface area (Å²) in [6.45, 7) is 8.90. The highest BCUT2D eigenvalue weighted by molar-refractivity contribution is 5.95. The molecule has 0 saturated carbocycles. The van der Waals surface area contributed by atoms with Crippen molar-refractivity contribution in [3.63, 3.8) is 0 Å². The molecule has 1 unspecified atom stereocenters. The minimum Gasteiger partial charge on any atom is -0.494 e. The molecule has 0 bridgehead atoms. The molecule has 0 spiro atoms. The van der Waals surface area contributed by atoms with Crippen molar-refractivity contribution in [2.24, 2.45) is 5.92 Å². The third-order valence-electron chi connectivity index (χ3n) is 3.93. The smallest absolute Gasteiger partial charge is 0.231 e. The van der Waals surface area contributed by atoms with Crippen molar-refractivity contribution in [2.45, 2.75) is 40.0 Å². The fourth-order valence-corrected chi connectivity index (χ4v) is 2.65. The number of hydrogen-bond acceptors (Lipinski definition) is 2. The molecular weight excluding hydrogens is 298 g/mol. The highest BCUT2D eigenvalue weighted by Crippen LogP contribution is 2.22. The average molecular weight is 325 g/mol. The van der Waals surface area contributed by atoms with Crippen molar-refractivity contribution in [1.82, 2.24) is 0 Å². The van der Waals surface area contributed by atoms with E-state index in [2.05, 4.69) is 43.4 Å². The minimum absolute atomic E-state index is 0.0136. The summed E-state index contributed by atoms with van der Waals surface area (Å²) in [5.41, 5.74) is 3.10. The van der Waals surface area contributed by atoms with Crippen molar-refractivity contribution in [3.8, 4) is 5.75 Å². The molecule has 0 aliphatic rings. The van der Waals surface area contributed by atoms with Crippen LogP contribution in [-0.4, -0.2) is 12.5 Å². The lowest BCUT2D eigenvalue weighted by Crippen LogP contribution is -2.18. The van der Waals surface area contributed by atoms with Crippen LogP contribution in [0.1, 0.15) is 44.7 Å². The van der Waals surface area contributed by atoms with E-state index < -0.39 is 0 Å². The Morgan fingerprint density at radius 2 is 1.79 bits per heavy atom. The number of carbonyl (C=O) groups excluding carboxylic acids is 1. The third-order valence-corrected chi connectivity index (χ3v) is 3.93. The van der Waals surface area contributed by atoms with Crippen molar-refractivity contribution in [3.05, 3.63) is 59.7 Å². The van der Waals surface area contributed by atoms with Crippen molar-refractivity contribution < 1.29 is 9.53 Å². The molecule has 2 aromatic carbocycles. The van der Waals surface area contributed by atoms with Gasteiger partial charge in [0.1, 0.15) is 5.75 Å². The summed E-state index contributed by atoms with van der Waals surface area (Å²) in [4.78, 5) is 12.5. The van der Waals surface area contributed by atoms with Crippen LogP contribution in [0.3, 0.4) is 0 Å². The zero-order chi connectivity index (χ0) is 17.5. The van der Waals surface area contributed by atoms with Gasteiger partial charge in [-0.05, 0) is 49.4 Å². The Bertz CT molecular complexity index is 662. The van der Waals surface area contributed by atoms with E-state index in [9.17, 15) is 4.79 Å². The molecule has 1 atom stereocenters. The first-order valence-electron chi connectivity index (χ1n) is 8.62. The SMILES string of the molecule is CCOc1cccc(NC(=O)C(C)c2ccc(CC(C)C)cc2)c1. The van der Waals surface area contributed by atoms with Crippen LogP contribution in [0.5, 0.6) is 5.75 Å². The zero-order valence-corrected chi connectivity index (χ0v) is 15.0. The molecule has 2 aromatic rings. The number of nitrogens with one attached hydrogen (secondary N) is 1. The molecule has 1 N–H and O–H groups in total. The fraction of sp³-hybridized carbons (Fsp3) is 0.381. The van der Waals surface area contributed by atoms with Gasteiger partial charge in [-0.1, -0.05) is 44.2 Å². The zero-order valence-electron chi connectivity index (χ0n) is 15.0. The van der Waals surface area contributed by atoms with Gasteiger partial charge in [0.2, 0.25) is 5.91 Å². The average Bonchev–Trinajstić information content (AvgIpc) is 2.55. The molecule has 1 amide bonds. The Kier molecular flexibility index (Phi) is 6.42. The first-order chi connectivity index (χ1) is 11.5. The van der Waals surface area contributed by atoms with E-state index >= 15 is 0 Å². The molecule has 0 radical (unpaired) electrons. The Balaban J connectivity index is 2.02. The first-order valence-corrected chi connectivity index (χ1v) is 8.62. The maximum Gasteiger partial charge on any atom is 0.231 e. The summed E-state index contributed by atoms with van der Waals surface area (Å²) < 4.78 is 5.47. The van der Waals surface area contributed by atoms with Crippen molar-refractivity contribution in [2.75, 3.05) is 11.9 Å². The Labute approximate surface area is 145 Å². The van der Waals surface area contributed by atoms with Crippen molar-refractivity contribution >= 4 is 11.6 Å². The largest absolute Gasteiger partial charge is 0.494 e. The second kappa shape index (κ2) is 8.53. The number of benzene rings is 2. The molecule has 2 rings (SSSR count). The summed E-state index contributed by atoms with van der Waals surface area (Å²) in [6.07, 6.45) is 1.06. The molecular formula is C21H27NO2.